The van der Waals surface area contributed by atoms with Crippen molar-refractivity contribution in [1.82, 2.24) is 14.9 Å². The van der Waals surface area contributed by atoms with Crippen LogP contribution in [0.1, 0.15) is 0 Å². The van der Waals surface area contributed by atoms with Crippen molar-refractivity contribution in [2.45, 2.75) is 24.4 Å². The van der Waals surface area contributed by atoms with Crippen LogP contribution in [0.5, 0.6) is 11.5 Å². The van der Waals surface area contributed by atoms with E-state index in [0.717, 1.165) is 4.47 Å². The average Bonchev–Trinajstić information content (AvgIpc) is 2.94. The lowest BCUT2D eigenvalue weighted by Crippen LogP contribution is -2.57. The van der Waals surface area contributed by atoms with Crippen molar-refractivity contribution >= 4 is 49.9 Å². The molecule has 0 spiro atoms. The molecule has 3 aromatic rings. The molecule has 2 heterocycles. The summed E-state index contributed by atoms with van der Waals surface area (Å²) >= 11 is 9.58. The summed E-state index contributed by atoms with van der Waals surface area (Å²) in [6.45, 7) is 0.942. The molecule has 11 nitrogen and oxygen atoms in total. The molecule has 1 aromatic heterocycles. The van der Waals surface area contributed by atoms with Gasteiger partial charge in [0, 0.05) is 34.7 Å². The number of ether oxygens (including phenoxy) is 3. The Kier molecular flexibility index (Phi) is 9.96. The van der Waals surface area contributed by atoms with Gasteiger partial charge in [0.1, 0.15) is 24.4 Å². The second-order valence-electron chi connectivity index (χ2n) is 8.71. The third-order valence-electron chi connectivity index (χ3n) is 6.39. The molecule has 0 unspecified atom stereocenters. The minimum atomic E-state index is -1.51. The molecule has 206 valence electrons. The van der Waals surface area contributed by atoms with E-state index in [4.69, 9.17) is 25.8 Å². The lowest BCUT2D eigenvalue weighted by atomic mass is 9.99. The van der Waals surface area contributed by atoms with Gasteiger partial charge in [-0.25, -0.2) is 9.97 Å². The number of halogens is 2. The van der Waals surface area contributed by atoms with E-state index in [-0.39, 0.29) is 12.4 Å². The molecule has 1 aliphatic rings. The van der Waals surface area contributed by atoms with Gasteiger partial charge >= 0.3 is 0 Å². The predicted molar refractivity (Wildman–Crippen MR) is 145 cm³/mol. The number of hydrogen-bond acceptors (Lipinski definition) is 11. The molecule has 2 aromatic carbocycles. The quantitative estimate of drug-likeness (QED) is 0.216. The number of rotatable bonds is 11. The summed E-state index contributed by atoms with van der Waals surface area (Å²) in [5.41, 5.74) is 1.23. The first-order valence-electron chi connectivity index (χ1n) is 12.0. The number of fused-ring (bicyclic) bond motifs is 1. The standard InChI is InChI=1S/C25H30BrClN4O7/c1-36-20-9-15-18(28-13-29-25(15)30-14-2-3-16(26)17(27)8-14)10-21(20)38-22(12-33)24(35)23(34)19(11-32)31-4-6-37-7-5-31/h2-3,8-10,13,19,22-24,32-35H,4-7,11-12H2,1H3,(H,28,29,30)/t19-,22-,23+,24+/m0/s1. The number of hydrogen-bond donors (Lipinski definition) is 5. The molecular weight excluding hydrogens is 584 g/mol. The summed E-state index contributed by atoms with van der Waals surface area (Å²) in [5, 5.41) is 46.1. The van der Waals surface area contributed by atoms with Crippen molar-refractivity contribution in [2.24, 2.45) is 0 Å². The maximum atomic E-state index is 10.9. The maximum Gasteiger partial charge on any atom is 0.164 e. The number of nitrogens with zero attached hydrogens (tertiary/aromatic N) is 3. The van der Waals surface area contributed by atoms with Crippen molar-refractivity contribution in [3.8, 4) is 11.5 Å². The summed E-state index contributed by atoms with van der Waals surface area (Å²) in [7, 11) is 1.46. The van der Waals surface area contributed by atoms with Gasteiger partial charge in [-0.3, -0.25) is 4.90 Å². The zero-order chi connectivity index (χ0) is 27.2. The van der Waals surface area contributed by atoms with E-state index in [2.05, 4.69) is 31.2 Å². The van der Waals surface area contributed by atoms with Gasteiger partial charge in [-0.1, -0.05) is 11.6 Å². The second kappa shape index (κ2) is 13.2. The van der Waals surface area contributed by atoms with E-state index in [1.54, 1.807) is 18.2 Å². The highest BCUT2D eigenvalue weighted by Gasteiger charge is 2.37. The maximum absolute atomic E-state index is 10.9. The number of methoxy groups -OCH3 is 1. The monoisotopic (exact) mass is 612 g/mol. The third-order valence-corrected chi connectivity index (χ3v) is 7.62. The van der Waals surface area contributed by atoms with Crippen LogP contribution >= 0.6 is 27.5 Å². The van der Waals surface area contributed by atoms with Crippen LogP contribution in [0.25, 0.3) is 10.9 Å². The summed E-state index contributed by atoms with van der Waals surface area (Å²) in [6.07, 6.45) is -2.73. The van der Waals surface area contributed by atoms with Gasteiger partial charge in [0.2, 0.25) is 0 Å². The van der Waals surface area contributed by atoms with E-state index in [1.165, 1.54) is 13.4 Å². The van der Waals surface area contributed by atoms with E-state index >= 15 is 0 Å². The number of benzene rings is 2. The highest BCUT2D eigenvalue weighted by molar-refractivity contribution is 9.10. The molecule has 1 saturated heterocycles. The number of anilines is 2. The summed E-state index contributed by atoms with van der Waals surface area (Å²) in [4.78, 5) is 10.5. The fourth-order valence-corrected chi connectivity index (χ4v) is 4.73. The van der Waals surface area contributed by atoms with Crippen molar-refractivity contribution in [3.63, 3.8) is 0 Å². The number of aliphatic hydroxyl groups excluding tert-OH is 4. The Bertz CT molecular complexity index is 1230. The Balaban J connectivity index is 1.58. The molecule has 0 amide bonds. The van der Waals surface area contributed by atoms with Gasteiger partial charge in [-0.2, -0.15) is 0 Å². The van der Waals surface area contributed by atoms with Crippen LogP contribution in [0.2, 0.25) is 5.02 Å². The van der Waals surface area contributed by atoms with E-state index in [9.17, 15) is 20.4 Å². The lowest BCUT2D eigenvalue weighted by molar-refractivity contribution is -0.114. The Morgan fingerprint density at radius 2 is 1.84 bits per heavy atom. The largest absolute Gasteiger partial charge is 0.493 e. The van der Waals surface area contributed by atoms with Crippen LogP contribution in [0, 0.1) is 0 Å². The second-order valence-corrected chi connectivity index (χ2v) is 9.98. The van der Waals surface area contributed by atoms with Crippen molar-refractivity contribution in [2.75, 3.05) is 51.9 Å². The minimum Gasteiger partial charge on any atom is -0.493 e. The molecule has 1 fully saturated rings. The van der Waals surface area contributed by atoms with Gasteiger partial charge in [-0.05, 0) is 40.2 Å². The van der Waals surface area contributed by atoms with Gasteiger partial charge in [0.15, 0.2) is 17.6 Å². The summed E-state index contributed by atoms with van der Waals surface area (Å²) in [6, 6.07) is 7.93. The Labute approximate surface area is 233 Å². The van der Waals surface area contributed by atoms with Crippen LogP contribution in [0.15, 0.2) is 41.1 Å². The van der Waals surface area contributed by atoms with Crippen LogP contribution in [-0.4, -0.2) is 106 Å². The number of morpholine rings is 1. The van der Waals surface area contributed by atoms with Crippen molar-refractivity contribution < 1.29 is 34.6 Å². The van der Waals surface area contributed by atoms with Crippen LogP contribution in [0.4, 0.5) is 11.5 Å². The number of aliphatic hydroxyl groups is 4. The number of nitrogens with one attached hydrogen (secondary N) is 1. The SMILES string of the molecule is COc1cc2c(Nc3ccc(Br)c(Cl)c3)ncnc2cc1O[C@@H](CO)[C@@H](O)[C@H](O)[C@H](CO)N1CCOCC1. The van der Waals surface area contributed by atoms with Gasteiger partial charge in [0.25, 0.3) is 0 Å². The van der Waals surface area contributed by atoms with E-state index in [0.29, 0.717) is 59.5 Å². The smallest absolute Gasteiger partial charge is 0.164 e. The lowest BCUT2D eigenvalue weighted by Gasteiger charge is -2.38. The van der Waals surface area contributed by atoms with Crippen molar-refractivity contribution in [1.29, 1.82) is 0 Å². The fourth-order valence-electron chi connectivity index (χ4n) is 4.30. The molecular formula is C25H30BrClN4O7. The first kappa shape index (κ1) is 28.7. The topological polar surface area (TPSA) is 150 Å². The predicted octanol–water partition coefficient (Wildman–Crippen LogP) is 1.95. The van der Waals surface area contributed by atoms with E-state index < -0.39 is 31.0 Å². The highest BCUT2D eigenvalue weighted by Crippen LogP contribution is 2.36. The zero-order valence-electron chi connectivity index (χ0n) is 20.6. The summed E-state index contributed by atoms with van der Waals surface area (Å²) < 4.78 is 17.5. The molecule has 4 atom stereocenters. The normalized spacial score (nSPS) is 17.6. The van der Waals surface area contributed by atoms with Crippen molar-refractivity contribution in [3.05, 3.63) is 46.2 Å². The van der Waals surface area contributed by atoms with Gasteiger partial charge in [0.05, 0.1) is 50.1 Å². The molecule has 0 bridgehead atoms. The molecule has 0 aliphatic carbocycles. The first-order valence-corrected chi connectivity index (χ1v) is 13.1. The molecule has 38 heavy (non-hydrogen) atoms. The number of aromatic nitrogens is 2. The molecule has 5 N–H and O–H groups in total. The minimum absolute atomic E-state index is 0.202. The zero-order valence-corrected chi connectivity index (χ0v) is 23.0. The van der Waals surface area contributed by atoms with Gasteiger partial charge in [-0.15, -0.1) is 0 Å². The first-order chi connectivity index (χ1) is 18.4. The molecule has 4 rings (SSSR count). The van der Waals surface area contributed by atoms with Gasteiger partial charge < -0.3 is 40.0 Å². The van der Waals surface area contributed by atoms with Crippen LogP contribution in [0.3, 0.4) is 0 Å². The Morgan fingerprint density at radius 1 is 1.08 bits per heavy atom. The van der Waals surface area contributed by atoms with E-state index in [1.807, 2.05) is 17.0 Å². The third kappa shape index (κ3) is 6.46. The molecule has 0 radical (unpaired) electrons. The Hall–Kier alpha value is -2.29. The average molecular weight is 614 g/mol. The summed E-state index contributed by atoms with van der Waals surface area (Å²) in [5.74, 6) is 1.01. The molecule has 13 heteroatoms. The molecule has 0 saturated carbocycles. The molecule has 1 aliphatic heterocycles. The van der Waals surface area contributed by atoms with Crippen LogP contribution in [-0.2, 0) is 4.74 Å². The highest BCUT2D eigenvalue weighted by atomic mass is 79.9. The Morgan fingerprint density at radius 3 is 2.50 bits per heavy atom. The fraction of sp³-hybridized carbons (Fsp3) is 0.440. The van der Waals surface area contributed by atoms with Crippen LogP contribution < -0.4 is 14.8 Å².